The Hall–Kier alpha value is -1.65. The first-order valence-corrected chi connectivity index (χ1v) is 11.5. The third kappa shape index (κ3) is 7.40. The van der Waals surface area contributed by atoms with Crippen LogP contribution in [0.1, 0.15) is 32.9 Å². The van der Waals surface area contributed by atoms with Crippen molar-refractivity contribution in [3.8, 4) is 0 Å². The van der Waals surface area contributed by atoms with E-state index in [4.69, 9.17) is 9.26 Å². The van der Waals surface area contributed by atoms with Crippen molar-refractivity contribution < 1.29 is 17.7 Å². The van der Waals surface area contributed by atoms with Crippen molar-refractivity contribution in [2.45, 2.75) is 32.9 Å². The second kappa shape index (κ2) is 11.4. The first kappa shape index (κ1) is 22.6. The minimum atomic E-state index is -3.40. The maximum absolute atomic E-state index is 12.5. The monoisotopic (exact) mass is 415 g/mol. The van der Waals surface area contributed by atoms with Crippen molar-refractivity contribution in [3.63, 3.8) is 0 Å². The van der Waals surface area contributed by atoms with Crippen LogP contribution in [-0.2, 0) is 20.5 Å². The summed E-state index contributed by atoms with van der Waals surface area (Å²) in [5, 5.41) is 6.98. The van der Waals surface area contributed by atoms with Crippen LogP contribution in [0.25, 0.3) is 0 Å². The first-order valence-electron chi connectivity index (χ1n) is 9.90. The van der Waals surface area contributed by atoms with Crippen LogP contribution < -0.4 is 5.32 Å². The van der Waals surface area contributed by atoms with Crippen molar-refractivity contribution in [1.29, 1.82) is 0 Å². The van der Waals surface area contributed by atoms with Gasteiger partial charge in [0, 0.05) is 45.4 Å². The molecule has 0 saturated carbocycles. The van der Waals surface area contributed by atoms with E-state index in [-0.39, 0.29) is 5.75 Å². The van der Waals surface area contributed by atoms with E-state index < -0.39 is 10.0 Å². The quantitative estimate of drug-likeness (QED) is 0.348. The number of nitrogens with zero attached hydrogens (tertiary/aromatic N) is 4. The van der Waals surface area contributed by atoms with Gasteiger partial charge < -0.3 is 19.5 Å². The van der Waals surface area contributed by atoms with Gasteiger partial charge in [0.1, 0.15) is 12.0 Å². The number of hydrogen-bond acceptors (Lipinski definition) is 6. The van der Waals surface area contributed by atoms with Gasteiger partial charge in [0.05, 0.1) is 18.8 Å². The second-order valence-electron chi connectivity index (χ2n) is 7.16. The average Bonchev–Trinajstić information content (AvgIpc) is 3.16. The standard InChI is InChI=1S/C18H33N5O4S/c1-4-19-18(20-7-14-26-12-5-16(2)3)22-8-10-23(11-9-22)28(24,25)15-17-6-13-27-21-17/h6,13,16H,4-5,7-12,14-15H2,1-3H3,(H,19,20). The van der Waals surface area contributed by atoms with Gasteiger partial charge in [0.25, 0.3) is 0 Å². The highest BCUT2D eigenvalue weighted by Gasteiger charge is 2.28. The van der Waals surface area contributed by atoms with Crippen molar-refractivity contribution in [1.82, 2.24) is 19.7 Å². The average molecular weight is 416 g/mol. The van der Waals surface area contributed by atoms with E-state index >= 15 is 0 Å². The predicted molar refractivity (Wildman–Crippen MR) is 109 cm³/mol. The molecule has 1 aliphatic heterocycles. The number of piperazine rings is 1. The Balaban J connectivity index is 1.81. The van der Waals surface area contributed by atoms with E-state index in [1.807, 2.05) is 6.92 Å². The number of nitrogens with one attached hydrogen (secondary N) is 1. The molecule has 0 aliphatic carbocycles. The first-order chi connectivity index (χ1) is 13.4. The summed E-state index contributed by atoms with van der Waals surface area (Å²) >= 11 is 0. The maximum atomic E-state index is 12.5. The predicted octanol–water partition coefficient (Wildman–Crippen LogP) is 1.15. The van der Waals surface area contributed by atoms with E-state index in [0.717, 1.165) is 25.5 Å². The summed E-state index contributed by atoms with van der Waals surface area (Å²) in [6, 6.07) is 1.58. The smallest absolute Gasteiger partial charge is 0.220 e. The highest BCUT2D eigenvalue weighted by molar-refractivity contribution is 7.88. The lowest BCUT2D eigenvalue weighted by Crippen LogP contribution is -2.54. The van der Waals surface area contributed by atoms with Gasteiger partial charge in [0.2, 0.25) is 10.0 Å². The van der Waals surface area contributed by atoms with Crippen molar-refractivity contribution >= 4 is 16.0 Å². The fourth-order valence-corrected chi connectivity index (χ4v) is 4.26. The molecule has 2 heterocycles. The number of aromatic nitrogens is 1. The van der Waals surface area contributed by atoms with Gasteiger partial charge in [0.15, 0.2) is 5.96 Å². The van der Waals surface area contributed by atoms with Crippen LogP contribution in [-0.4, -0.2) is 81.2 Å². The van der Waals surface area contributed by atoms with Gasteiger partial charge in [-0.05, 0) is 19.3 Å². The van der Waals surface area contributed by atoms with E-state index in [1.54, 1.807) is 6.07 Å². The molecule has 1 N–H and O–H groups in total. The van der Waals surface area contributed by atoms with Crippen LogP contribution in [0.4, 0.5) is 0 Å². The summed E-state index contributed by atoms with van der Waals surface area (Å²) in [6.45, 7) is 11.1. The van der Waals surface area contributed by atoms with Gasteiger partial charge in [-0.15, -0.1) is 0 Å². The van der Waals surface area contributed by atoms with Crippen LogP contribution in [0.3, 0.4) is 0 Å². The highest BCUT2D eigenvalue weighted by Crippen LogP contribution is 2.13. The summed E-state index contributed by atoms with van der Waals surface area (Å²) in [4.78, 5) is 6.71. The third-order valence-electron chi connectivity index (χ3n) is 4.42. The molecular weight excluding hydrogens is 382 g/mol. The molecule has 2 rings (SSSR count). The third-order valence-corrected chi connectivity index (χ3v) is 6.24. The molecule has 28 heavy (non-hydrogen) atoms. The van der Waals surface area contributed by atoms with Gasteiger partial charge >= 0.3 is 0 Å². The number of hydrogen-bond donors (Lipinski definition) is 1. The molecule has 0 bridgehead atoms. The highest BCUT2D eigenvalue weighted by atomic mass is 32.2. The molecule has 0 unspecified atom stereocenters. The van der Waals surface area contributed by atoms with Crippen LogP contribution in [0.5, 0.6) is 0 Å². The number of rotatable bonds is 10. The molecule has 1 aromatic heterocycles. The SMILES string of the molecule is CCNC(=NCCOCCC(C)C)N1CCN(S(=O)(=O)Cc2ccon2)CC1. The van der Waals surface area contributed by atoms with Gasteiger partial charge in [-0.25, -0.2) is 8.42 Å². The van der Waals surface area contributed by atoms with Crippen molar-refractivity contribution in [2.75, 3.05) is 52.5 Å². The Bertz CT molecular complexity index is 683. The van der Waals surface area contributed by atoms with Crippen LogP contribution in [0.2, 0.25) is 0 Å². The van der Waals surface area contributed by atoms with Crippen molar-refractivity contribution in [3.05, 3.63) is 18.0 Å². The number of guanidine groups is 1. The zero-order chi connectivity index (χ0) is 20.4. The fourth-order valence-electron chi connectivity index (χ4n) is 2.83. The molecule has 0 atom stereocenters. The molecule has 0 aromatic carbocycles. The molecule has 1 aliphatic rings. The second-order valence-corrected chi connectivity index (χ2v) is 9.13. The number of aliphatic imine (C=N–C) groups is 1. The van der Waals surface area contributed by atoms with E-state index in [9.17, 15) is 8.42 Å². The Morgan fingerprint density at radius 1 is 1.32 bits per heavy atom. The zero-order valence-electron chi connectivity index (χ0n) is 17.1. The van der Waals surface area contributed by atoms with Crippen LogP contribution >= 0.6 is 0 Å². The minimum absolute atomic E-state index is 0.134. The van der Waals surface area contributed by atoms with E-state index in [0.29, 0.717) is 50.9 Å². The summed E-state index contributed by atoms with van der Waals surface area (Å²) in [5.74, 6) is 1.31. The van der Waals surface area contributed by atoms with Crippen LogP contribution in [0.15, 0.2) is 21.8 Å². The van der Waals surface area contributed by atoms with Gasteiger partial charge in [-0.2, -0.15) is 4.31 Å². The molecule has 9 nitrogen and oxygen atoms in total. The lowest BCUT2D eigenvalue weighted by atomic mass is 10.1. The molecule has 1 aromatic rings. The molecule has 10 heteroatoms. The fraction of sp³-hybridized carbons (Fsp3) is 0.778. The normalized spacial score (nSPS) is 16.7. The Kier molecular flexibility index (Phi) is 9.20. The molecular formula is C18H33N5O4S. The van der Waals surface area contributed by atoms with Crippen LogP contribution in [0, 0.1) is 5.92 Å². The molecule has 1 fully saturated rings. The lowest BCUT2D eigenvalue weighted by Gasteiger charge is -2.35. The Labute approximate surface area is 168 Å². The van der Waals surface area contributed by atoms with Crippen molar-refractivity contribution in [2.24, 2.45) is 10.9 Å². The summed E-state index contributed by atoms with van der Waals surface area (Å²) in [6.07, 6.45) is 2.43. The zero-order valence-corrected chi connectivity index (χ0v) is 17.9. The van der Waals surface area contributed by atoms with E-state index in [2.05, 4.69) is 34.2 Å². The summed E-state index contributed by atoms with van der Waals surface area (Å²) in [7, 11) is -3.40. The van der Waals surface area contributed by atoms with Gasteiger partial charge in [-0.3, -0.25) is 4.99 Å². The topological polar surface area (TPSA) is 100 Å². The van der Waals surface area contributed by atoms with E-state index in [1.165, 1.54) is 10.6 Å². The molecule has 160 valence electrons. The summed E-state index contributed by atoms with van der Waals surface area (Å²) in [5.41, 5.74) is 0.426. The maximum Gasteiger partial charge on any atom is 0.220 e. The summed E-state index contributed by atoms with van der Waals surface area (Å²) < 4.78 is 36.9. The Morgan fingerprint density at radius 3 is 2.68 bits per heavy atom. The molecule has 0 radical (unpaired) electrons. The number of sulfonamides is 1. The number of ether oxygens (including phenoxy) is 1. The molecule has 1 saturated heterocycles. The van der Waals surface area contributed by atoms with Gasteiger partial charge in [-0.1, -0.05) is 19.0 Å². The molecule has 0 amide bonds. The Morgan fingerprint density at radius 2 is 2.07 bits per heavy atom. The minimum Gasteiger partial charge on any atom is -0.380 e. The molecule has 0 spiro atoms. The lowest BCUT2D eigenvalue weighted by molar-refractivity contribution is 0.130. The largest absolute Gasteiger partial charge is 0.380 e.